The van der Waals surface area contributed by atoms with Crippen LogP contribution in [0.15, 0.2) is 0 Å². The van der Waals surface area contributed by atoms with Gasteiger partial charge in [0.15, 0.2) is 0 Å². The zero-order valence-corrected chi connectivity index (χ0v) is 18.4. The van der Waals surface area contributed by atoms with Gasteiger partial charge in [0.1, 0.15) is 0 Å². The molecule has 0 spiro atoms. The number of hydrogen-bond donors (Lipinski definition) is 0. The summed E-state index contributed by atoms with van der Waals surface area (Å²) in [5, 5.41) is 0. The fourth-order valence-corrected chi connectivity index (χ4v) is 6.71. The van der Waals surface area contributed by atoms with Crippen molar-refractivity contribution in [1.82, 2.24) is 0 Å². The Balaban J connectivity index is 1.08. The van der Waals surface area contributed by atoms with Gasteiger partial charge in [0.2, 0.25) is 0 Å². The van der Waals surface area contributed by atoms with Crippen LogP contribution in [-0.4, -0.2) is 25.4 Å². The van der Waals surface area contributed by atoms with E-state index in [1.807, 2.05) is 0 Å². The molecule has 0 amide bonds. The molecular weight excluding hydrogens is 344 g/mol. The van der Waals surface area contributed by atoms with Crippen LogP contribution in [0.5, 0.6) is 0 Å². The molecule has 0 unspecified atom stereocenters. The monoisotopic (exact) mass is 390 g/mol. The average molecular weight is 391 g/mol. The van der Waals surface area contributed by atoms with E-state index < -0.39 is 0 Å². The molecule has 4 fully saturated rings. The summed E-state index contributed by atoms with van der Waals surface area (Å²) in [4.78, 5) is 0. The maximum atomic E-state index is 6.34. The highest BCUT2D eigenvalue weighted by Crippen LogP contribution is 2.40. The first-order valence-electron chi connectivity index (χ1n) is 13.1. The molecular formula is C26H46O2. The molecule has 4 rings (SSSR count). The van der Waals surface area contributed by atoms with E-state index in [9.17, 15) is 0 Å². The van der Waals surface area contributed by atoms with Crippen molar-refractivity contribution in [3.63, 3.8) is 0 Å². The smallest absolute Gasteiger partial charge is 0.0575 e. The largest absolute Gasteiger partial charge is 0.378 e. The van der Waals surface area contributed by atoms with Crippen LogP contribution < -0.4 is 0 Å². The van der Waals surface area contributed by atoms with Crippen molar-refractivity contribution in [1.29, 1.82) is 0 Å². The van der Waals surface area contributed by atoms with Gasteiger partial charge in [-0.3, -0.25) is 0 Å². The fraction of sp³-hybridized carbons (Fsp3) is 1.00. The third kappa shape index (κ3) is 6.46. The molecule has 4 aliphatic rings. The summed E-state index contributed by atoms with van der Waals surface area (Å²) in [6, 6.07) is 0. The first-order chi connectivity index (χ1) is 13.9. The molecule has 0 aliphatic heterocycles. The molecule has 0 aromatic carbocycles. The second kappa shape index (κ2) is 11.3. The lowest BCUT2D eigenvalue weighted by Crippen LogP contribution is -2.31. The Bertz CT molecular complexity index is 368. The van der Waals surface area contributed by atoms with Crippen LogP contribution in [0.2, 0.25) is 0 Å². The first kappa shape index (κ1) is 21.2. The van der Waals surface area contributed by atoms with Crippen LogP contribution in [0.25, 0.3) is 0 Å². The summed E-state index contributed by atoms with van der Waals surface area (Å²) in [5.74, 6) is 3.70. The van der Waals surface area contributed by atoms with E-state index in [0.717, 1.165) is 36.9 Å². The second-order valence-corrected chi connectivity index (χ2v) is 10.7. The normalized spacial score (nSPS) is 36.4. The maximum absolute atomic E-state index is 6.34. The van der Waals surface area contributed by atoms with Crippen molar-refractivity contribution in [2.24, 2.45) is 23.7 Å². The van der Waals surface area contributed by atoms with E-state index in [1.54, 1.807) is 0 Å². The zero-order chi connectivity index (χ0) is 19.0. The molecule has 0 aromatic rings. The minimum Gasteiger partial charge on any atom is -0.378 e. The lowest BCUT2D eigenvalue weighted by atomic mass is 9.72. The van der Waals surface area contributed by atoms with Gasteiger partial charge >= 0.3 is 0 Å². The Hall–Kier alpha value is -0.0800. The minimum atomic E-state index is 0.577. The van der Waals surface area contributed by atoms with Gasteiger partial charge in [-0.25, -0.2) is 0 Å². The van der Waals surface area contributed by atoms with Crippen LogP contribution in [0, 0.1) is 23.7 Å². The van der Waals surface area contributed by atoms with E-state index in [2.05, 4.69) is 0 Å². The molecule has 4 aliphatic carbocycles. The van der Waals surface area contributed by atoms with Gasteiger partial charge in [-0.05, 0) is 101 Å². The summed E-state index contributed by atoms with van der Waals surface area (Å²) < 4.78 is 12.7. The molecule has 0 bridgehead atoms. The molecule has 2 nitrogen and oxygen atoms in total. The Morgan fingerprint density at radius 2 is 0.750 bits per heavy atom. The van der Waals surface area contributed by atoms with Crippen molar-refractivity contribution < 1.29 is 9.47 Å². The van der Waals surface area contributed by atoms with E-state index in [4.69, 9.17) is 9.47 Å². The molecule has 0 heterocycles. The molecule has 28 heavy (non-hydrogen) atoms. The predicted molar refractivity (Wildman–Crippen MR) is 117 cm³/mol. The van der Waals surface area contributed by atoms with Crippen molar-refractivity contribution in [3.8, 4) is 0 Å². The molecule has 0 radical (unpaired) electrons. The molecule has 0 N–H and O–H groups in total. The van der Waals surface area contributed by atoms with Crippen molar-refractivity contribution >= 4 is 0 Å². The lowest BCUT2D eigenvalue weighted by Gasteiger charge is -2.38. The van der Waals surface area contributed by atoms with Crippen LogP contribution in [0.3, 0.4) is 0 Å². The summed E-state index contributed by atoms with van der Waals surface area (Å²) in [5.41, 5.74) is 0. The maximum Gasteiger partial charge on any atom is 0.0575 e. The van der Waals surface area contributed by atoms with E-state index in [1.165, 1.54) is 116 Å². The van der Waals surface area contributed by atoms with Crippen LogP contribution in [0.1, 0.15) is 116 Å². The minimum absolute atomic E-state index is 0.577. The highest BCUT2D eigenvalue weighted by atomic mass is 16.5. The topological polar surface area (TPSA) is 18.5 Å². The van der Waals surface area contributed by atoms with Crippen molar-refractivity contribution in [3.05, 3.63) is 0 Å². The molecule has 0 aromatic heterocycles. The Labute approximate surface area is 174 Å². The zero-order valence-electron chi connectivity index (χ0n) is 18.4. The highest BCUT2D eigenvalue weighted by molar-refractivity contribution is 4.83. The van der Waals surface area contributed by atoms with E-state index in [0.29, 0.717) is 12.2 Å². The molecule has 4 saturated carbocycles. The fourth-order valence-electron chi connectivity index (χ4n) is 6.71. The molecule has 162 valence electrons. The Morgan fingerprint density at radius 3 is 1.11 bits per heavy atom. The van der Waals surface area contributed by atoms with E-state index >= 15 is 0 Å². The number of ether oxygens (including phenoxy) is 2. The standard InChI is InChI=1S/C26H46O2/c1-3-7-21(8-4-1)19-27-25-15-11-23(12-16-25)24-13-17-26(18-14-24)28-20-22-9-5-2-6-10-22/h21-26H,1-20H2. The van der Waals surface area contributed by atoms with Crippen molar-refractivity contribution in [2.45, 2.75) is 128 Å². The van der Waals surface area contributed by atoms with Crippen LogP contribution >= 0.6 is 0 Å². The second-order valence-electron chi connectivity index (χ2n) is 10.7. The van der Waals surface area contributed by atoms with Gasteiger partial charge in [-0.2, -0.15) is 0 Å². The number of rotatable bonds is 7. The Morgan fingerprint density at radius 1 is 0.393 bits per heavy atom. The SMILES string of the molecule is C1CCC(COC2CCC(C3CCC(OCC4CCCCC4)CC3)CC2)CC1. The van der Waals surface area contributed by atoms with Crippen molar-refractivity contribution in [2.75, 3.05) is 13.2 Å². The average Bonchev–Trinajstić information content (AvgIpc) is 2.78. The van der Waals surface area contributed by atoms with Gasteiger partial charge in [0.05, 0.1) is 12.2 Å². The summed E-state index contributed by atoms with van der Waals surface area (Å²) in [6.07, 6.45) is 26.5. The lowest BCUT2D eigenvalue weighted by molar-refractivity contribution is -0.0296. The summed E-state index contributed by atoms with van der Waals surface area (Å²) >= 11 is 0. The first-order valence-corrected chi connectivity index (χ1v) is 13.1. The number of hydrogen-bond acceptors (Lipinski definition) is 2. The van der Waals surface area contributed by atoms with Gasteiger partial charge < -0.3 is 9.47 Å². The molecule has 2 heteroatoms. The third-order valence-corrected chi connectivity index (χ3v) is 8.69. The third-order valence-electron chi connectivity index (χ3n) is 8.69. The summed E-state index contributed by atoms with van der Waals surface area (Å²) in [6.45, 7) is 2.11. The Kier molecular flexibility index (Phi) is 8.58. The van der Waals surface area contributed by atoms with Crippen LogP contribution in [0.4, 0.5) is 0 Å². The van der Waals surface area contributed by atoms with Gasteiger partial charge in [-0.1, -0.05) is 38.5 Å². The van der Waals surface area contributed by atoms with E-state index in [-0.39, 0.29) is 0 Å². The molecule has 0 saturated heterocycles. The van der Waals surface area contributed by atoms with Gasteiger partial charge in [-0.15, -0.1) is 0 Å². The van der Waals surface area contributed by atoms with Gasteiger partial charge in [0.25, 0.3) is 0 Å². The quantitative estimate of drug-likeness (QED) is 0.454. The predicted octanol–water partition coefficient (Wildman–Crippen LogP) is 7.30. The highest BCUT2D eigenvalue weighted by Gasteiger charge is 2.32. The molecule has 0 atom stereocenters. The van der Waals surface area contributed by atoms with Crippen LogP contribution in [-0.2, 0) is 9.47 Å². The van der Waals surface area contributed by atoms with Gasteiger partial charge in [0, 0.05) is 13.2 Å². The summed E-state index contributed by atoms with van der Waals surface area (Å²) in [7, 11) is 0.